The Bertz CT molecular complexity index is 741. The van der Waals surface area contributed by atoms with Crippen molar-refractivity contribution in [2.24, 2.45) is 10.2 Å². The van der Waals surface area contributed by atoms with E-state index in [1.54, 1.807) is 18.2 Å². The molecule has 0 spiro atoms. The third-order valence-electron chi connectivity index (χ3n) is 2.68. The smallest absolute Gasteiger partial charge is 0.316 e. The molecule has 2 aromatic rings. The summed E-state index contributed by atoms with van der Waals surface area (Å²) in [6, 6.07) is 10.7. The van der Waals surface area contributed by atoms with Crippen LogP contribution >= 0.6 is 0 Å². The molecule has 8 nitrogen and oxygen atoms in total. The van der Waals surface area contributed by atoms with Crippen molar-refractivity contribution in [3.05, 3.63) is 47.4 Å². The summed E-state index contributed by atoms with van der Waals surface area (Å²) in [5.41, 5.74) is 7.63. The number of nitrogen functional groups attached to an aromatic ring is 1. The quantitative estimate of drug-likeness (QED) is 0.455. The first-order valence-electron chi connectivity index (χ1n) is 6.31. The van der Waals surface area contributed by atoms with E-state index in [2.05, 4.69) is 15.5 Å². The Balaban J connectivity index is 2.25. The standard InChI is InChI=1S/C14H13N5O3/c1-9(20)16-14-8-10(15)2-7-13(14)18-17-11-3-5-12(6-4-11)19(21)22/h2-8H,1H3,(H3-,15,16,17,20,21,22)/p+1. The molecule has 112 valence electrons. The average molecular weight is 300 g/mol. The van der Waals surface area contributed by atoms with E-state index in [1.165, 1.54) is 31.2 Å². The highest BCUT2D eigenvalue weighted by Crippen LogP contribution is 2.29. The van der Waals surface area contributed by atoms with Crippen LogP contribution in [0.1, 0.15) is 6.92 Å². The molecule has 2 rings (SSSR count). The Morgan fingerprint density at radius 2 is 1.86 bits per heavy atom. The van der Waals surface area contributed by atoms with Gasteiger partial charge >= 0.3 is 5.69 Å². The van der Waals surface area contributed by atoms with Gasteiger partial charge in [-0.3, -0.25) is 4.79 Å². The van der Waals surface area contributed by atoms with Crippen LogP contribution in [0, 0.1) is 4.91 Å². The van der Waals surface area contributed by atoms with Gasteiger partial charge in [0.05, 0.1) is 16.3 Å². The second-order valence-corrected chi connectivity index (χ2v) is 4.45. The van der Waals surface area contributed by atoms with Gasteiger partial charge in [0, 0.05) is 24.7 Å². The van der Waals surface area contributed by atoms with Gasteiger partial charge in [0.2, 0.25) is 5.91 Å². The maximum atomic E-state index is 11.2. The average Bonchev–Trinajstić information content (AvgIpc) is 2.46. The van der Waals surface area contributed by atoms with Gasteiger partial charge < -0.3 is 11.1 Å². The van der Waals surface area contributed by atoms with Crippen LogP contribution in [-0.4, -0.2) is 16.0 Å². The van der Waals surface area contributed by atoms with Crippen LogP contribution < -0.4 is 11.1 Å². The Kier molecular flexibility index (Phi) is 4.42. The van der Waals surface area contributed by atoms with Crippen molar-refractivity contribution in [1.82, 2.24) is 0 Å². The van der Waals surface area contributed by atoms with Crippen molar-refractivity contribution >= 4 is 34.3 Å². The molecule has 4 N–H and O–H groups in total. The van der Waals surface area contributed by atoms with Crippen LogP contribution in [0.15, 0.2) is 52.7 Å². The molecule has 0 saturated heterocycles. The van der Waals surface area contributed by atoms with Gasteiger partial charge in [0.25, 0.3) is 4.92 Å². The molecule has 0 fully saturated rings. The highest BCUT2D eigenvalue weighted by atomic mass is 16.6. The predicted octanol–water partition coefficient (Wildman–Crippen LogP) is 3.44. The van der Waals surface area contributed by atoms with Crippen molar-refractivity contribution in [3.8, 4) is 0 Å². The summed E-state index contributed by atoms with van der Waals surface area (Å²) in [4.78, 5) is 21.6. The Morgan fingerprint density at radius 1 is 1.18 bits per heavy atom. The van der Waals surface area contributed by atoms with E-state index in [1.807, 2.05) is 0 Å². The lowest BCUT2D eigenvalue weighted by Gasteiger charge is -2.06. The number of carbonyl (C=O) groups is 1. The summed E-state index contributed by atoms with van der Waals surface area (Å²) in [6.07, 6.45) is 0. The molecule has 22 heavy (non-hydrogen) atoms. The van der Waals surface area contributed by atoms with Gasteiger partial charge in [-0.2, -0.15) is 5.11 Å². The van der Waals surface area contributed by atoms with Gasteiger partial charge in [-0.1, -0.05) is 0 Å². The number of rotatable bonds is 4. The summed E-state index contributed by atoms with van der Waals surface area (Å²) in [7, 11) is 0. The van der Waals surface area contributed by atoms with Crippen LogP contribution in [0.3, 0.4) is 0 Å². The largest absolute Gasteiger partial charge is 0.399 e. The minimum absolute atomic E-state index is 0.0883. The molecule has 0 atom stereocenters. The molecule has 0 heterocycles. The SMILES string of the molecule is CC(=O)Nc1cc(N)ccc1/N=N/c1ccc([N+](=O)O)cc1. The van der Waals surface area contributed by atoms with Gasteiger partial charge in [-0.25, -0.2) is 5.21 Å². The fourth-order valence-corrected chi connectivity index (χ4v) is 1.69. The highest BCUT2D eigenvalue weighted by Gasteiger charge is 2.09. The topological polar surface area (TPSA) is 120 Å². The lowest BCUT2D eigenvalue weighted by molar-refractivity contribution is -0.729. The molecule has 0 bridgehead atoms. The Labute approximate surface area is 125 Å². The zero-order valence-corrected chi connectivity index (χ0v) is 11.7. The first-order chi connectivity index (χ1) is 10.5. The Hall–Kier alpha value is -3.29. The number of nitrogens with zero attached hydrogens (tertiary/aromatic N) is 3. The number of azo groups is 1. The van der Waals surface area contributed by atoms with E-state index in [0.29, 0.717) is 22.7 Å². The summed E-state index contributed by atoms with van der Waals surface area (Å²) in [6.45, 7) is 1.38. The number of amides is 1. The molecule has 2 aromatic carbocycles. The van der Waals surface area contributed by atoms with Crippen molar-refractivity contribution in [1.29, 1.82) is 0 Å². The maximum absolute atomic E-state index is 11.2. The third-order valence-corrected chi connectivity index (χ3v) is 2.68. The summed E-state index contributed by atoms with van der Waals surface area (Å²) in [5.74, 6) is -0.245. The van der Waals surface area contributed by atoms with E-state index >= 15 is 0 Å². The van der Waals surface area contributed by atoms with Crippen LogP contribution in [0.2, 0.25) is 0 Å². The second kappa shape index (κ2) is 6.44. The lowest BCUT2D eigenvalue weighted by atomic mass is 10.2. The molecule has 0 saturated carbocycles. The number of nitrogens with two attached hydrogens (primary N) is 1. The van der Waals surface area contributed by atoms with Crippen LogP contribution in [-0.2, 0) is 4.79 Å². The number of carbonyl (C=O) groups excluding carboxylic acids is 1. The van der Waals surface area contributed by atoms with E-state index in [9.17, 15) is 9.70 Å². The van der Waals surface area contributed by atoms with Crippen LogP contribution in [0.4, 0.5) is 28.4 Å². The van der Waals surface area contributed by atoms with E-state index in [4.69, 9.17) is 10.9 Å². The summed E-state index contributed by atoms with van der Waals surface area (Å²) in [5, 5.41) is 19.4. The fraction of sp³-hybridized carbons (Fsp3) is 0.0714. The van der Waals surface area contributed by atoms with Crippen LogP contribution in [0.5, 0.6) is 0 Å². The van der Waals surface area contributed by atoms with Gasteiger partial charge in [-0.05, 0) is 30.3 Å². The molecule has 0 aliphatic heterocycles. The second-order valence-electron chi connectivity index (χ2n) is 4.45. The monoisotopic (exact) mass is 300 g/mol. The zero-order valence-electron chi connectivity index (χ0n) is 11.7. The first kappa shape index (κ1) is 15.1. The minimum Gasteiger partial charge on any atom is -0.399 e. The molecule has 0 radical (unpaired) electrons. The zero-order chi connectivity index (χ0) is 16.1. The highest BCUT2D eigenvalue weighted by molar-refractivity contribution is 5.92. The van der Waals surface area contributed by atoms with Crippen molar-refractivity contribution < 1.29 is 14.9 Å². The van der Waals surface area contributed by atoms with E-state index in [0.717, 1.165) is 0 Å². The number of anilines is 2. The first-order valence-corrected chi connectivity index (χ1v) is 6.31. The maximum Gasteiger partial charge on any atom is 0.316 e. The van der Waals surface area contributed by atoms with Crippen molar-refractivity contribution in [2.75, 3.05) is 11.1 Å². The molecule has 8 heteroatoms. The molecule has 0 aromatic heterocycles. The normalized spacial score (nSPS) is 10.6. The fourth-order valence-electron chi connectivity index (χ4n) is 1.69. The molecule has 0 aliphatic rings. The van der Waals surface area contributed by atoms with Crippen LogP contribution in [0.25, 0.3) is 0 Å². The van der Waals surface area contributed by atoms with E-state index < -0.39 is 0 Å². The van der Waals surface area contributed by atoms with Gasteiger partial charge in [0.15, 0.2) is 0 Å². The number of hydrogen-bond donors (Lipinski definition) is 3. The molecular formula is C14H14N5O3+. The van der Waals surface area contributed by atoms with Gasteiger partial charge in [0.1, 0.15) is 5.69 Å². The summed E-state index contributed by atoms with van der Waals surface area (Å²) >= 11 is 0. The number of nitrogens with one attached hydrogen (secondary N) is 1. The minimum atomic E-state index is -0.245. The molecule has 1 amide bonds. The summed E-state index contributed by atoms with van der Waals surface area (Å²) < 4.78 is 0. The molecule has 0 unspecified atom stereocenters. The van der Waals surface area contributed by atoms with Crippen molar-refractivity contribution in [3.63, 3.8) is 0 Å². The van der Waals surface area contributed by atoms with E-state index in [-0.39, 0.29) is 16.5 Å². The molecule has 0 aliphatic carbocycles. The predicted molar refractivity (Wildman–Crippen MR) is 80.9 cm³/mol. The Morgan fingerprint density at radius 3 is 2.45 bits per heavy atom. The van der Waals surface area contributed by atoms with Gasteiger partial charge in [-0.15, -0.1) is 5.11 Å². The molecular weight excluding hydrogens is 286 g/mol. The number of benzene rings is 2. The third kappa shape index (κ3) is 3.85. The lowest BCUT2D eigenvalue weighted by Crippen LogP contribution is -2.06. The number of hydrogen-bond acceptors (Lipinski definition) is 5. The van der Waals surface area contributed by atoms with Crippen molar-refractivity contribution in [2.45, 2.75) is 6.92 Å².